The maximum absolute atomic E-state index is 14.3. The Labute approximate surface area is 222 Å². The van der Waals surface area contributed by atoms with Gasteiger partial charge in [0.2, 0.25) is 11.7 Å². The summed E-state index contributed by atoms with van der Waals surface area (Å²) in [7, 11) is 0. The van der Waals surface area contributed by atoms with Gasteiger partial charge in [0, 0.05) is 40.7 Å². The lowest BCUT2D eigenvalue weighted by atomic mass is 9.55. The molecule has 6 heteroatoms. The number of hydrogen-bond acceptors (Lipinski definition) is 3. The van der Waals surface area contributed by atoms with Crippen LogP contribution >= 0.6 is 0 Å². The third-order valence-corrected chi connectivity index (χ3v) is 9.22. The first-order valence-corrected chi connectivity index (χ1v) is 13.5. The number of H-pyrrole nitrogens is 2. The minimum absolute atomic E-state index is 0.0642. The first-order chi connectivity index (χ1) is 18.2. The van der Waals surface area contributed by atoms with Gasteiger partial charge in [-0.1, -0.05) is 48.9 Å². The summed E-state index contributed by atoms with van der Waals surface area (Å²) in [5.74, 6) is -0.679. The highest BCUT2D eigenvalue weighted by Gasteiger charge is 2.64. The number of carbonyl (C=O) groups excluding carboxylic acids is 2. The molecule has 1 fully saturated rings. The van der Waals surface area contributed by atoms with Crippen LogP contribution in [0.25, 0.3) is 10.9 Å². The molecule has 1 unspecified atom stereocenters. The summed E-state index contributed by atoms with van der Waals surface area (Å²) in [6.45, 7) is 7.96. The van der Waals surface area contributed by atoms with Crippen LogP contribution in [0.3, 0.4) is 0 Å². The highest BCUT2D eigenvalue weighted by atomic mass is 16.3. The minimum Gasteiger partial charge on any atom is -0.388 e. The van der Waals surface area contributed by atoms with Gasteiger partial charge in [0.15, 0.2) is 0 Å². The van der Waals surface area contributed by atoms with Crippen molar-refractivity contribution in [2.75, 3.05) is 0 Å². The van der Waals surface area contributed by atoms with Gasteiger partial charge >= 0.3 is 0 Å². The summed E-state index contributed by atoms with van der Waals surface area (Å²) in [5.41, 5.74) is 4.96. The molecule has 4 N–H and O–H groups in total. The van der Waals surface area contributed by atoms with Gasteiger partial charge in [-0.15, -0.1) is 0 Å². The fraction of sp³-hybridized carbons (Fsp3) is 0.375. The molecule has 2 aromatic heterocycles. The van der Waals surface area contributed by atoms with E-state index in [0.717, 1.165) is 34.0 Å². The van der Waals surface area contributed by atoms with E-state index < -0.39 is 17.4 Å². The number of rotatable bonds is 2. The number of benzene rings is 1. The van der Waals surface area contributed by atoms with E-state index in [1.165, 1.54) is 0 Å². The molecule has 6 rings (SSSR count). The van der Waals surface area contributed by atoms with Crippen LogP contribution < -0.4 is 5.32 Å². The number of para-hydroxylation sites is 1. The molecule has 3 aliphatic rings. The Morgan fingerprint density at radius 3 is 2.66 bits per heavy atom. The molecule has 2 bridgehead atoms. The van der Waals surface area contributed by atoms with Crippen molar-refractivity contribution >= 4 is 22.6 Å². The molecule has 1 amide bonds. The normalized spacial score (nSPS) is 33.6. The first kappa shape index (κ1) is 24.7. The van der Waals surface area contributed by atoms with Crippen LogP contribution in [-0.2, 0) is 16.6 Å². The summed E-state index contributed by atoms with van der Waals surface area (Å²) in [4.78, 5) is 34.3. The first-order valence-electron chi connectivity index (χ1n) is 13.5. The number of amides is 1. The van der Waals surface area contributed by atoms with Crippen molar-refractivity contribution < 1.29 is 14.7 Å². The van der Waals surface area contributed by atoms with E-state index >= 15 is 0 Å². The van der Waals surface area contributed by atoms with Gasteiger partial charge in [0.05, 0.1) is 11.8 Å². The summed E-state index contributed by atoms with van der Waals surface area (Å²) >= 11 is 0. The number of ketones is 1. The van der Waals surface area contributed by atoms with E-state index in [1.807, 2.05) is 57.3 Å². The van der Waals surface area contributed by atoms with Gasteiger partial charge in [-0.25, -0.2) is 0 Å². The Kier molecular flexibility index (Phi) is 5.84. The summed E-state index contributed by atoms with van der Waals surface area (Å²) in [5, 5.41) is 16.1. The lowest BCUT2D eigenvalue weighted by Crippen LogP contribution is -2.54. The van der Waals surface area contributed by atoms with Crippen molar-refractivity contribution in [1.29, 1.82) is 0 Å². The highest BCUT2D eigenvalue weighted by molar-refractivity contribution is 6.07. The lowest BCUT2D eigenvalue weighted by Gasteiger charge is -2.46. The zero-order chi connectivity index (χ0) is 26.8. The molecular formula is C32H35N3O3. The Bertz CT molecular complexity index is 1540. The van der Waals surface area contributed by atoms with E-state index in [4.69, 9.17) is 0 Å². The van der Waals surface area contributed by atoms with E-state index in [-0.39, 0.29) is 29.6 Å². The monoisotopic (exact) mass is 509 g/mol. The zero-order valence-corrected chi connectivity index (χ0v) is 22.3. The summed E-state index contributed by atoms with van der Waals surface area (Å²) in [6, 6.07) is 11.7. The van der Waals surface area contributed by atoms with Gasteiger partial charge in [0.1, 0.15) is 5.41 Å². The van der Waals surface area contributed by atoms with Gasteiger partial charge in [-0.2, -0.15) is 0 Å². The average Bonchev–Trinajstić information content (AvgIpc) is 3.61. The number of Topliss-reactive ketones (excluding diaryl/α,β-unsaturated/α-hetero) is 1. The highest BCUT2D eigenvalue weighted by Crippen LogP contribution is 2.55. The molecule has 6 nitrogen and oxygen atoms in total. The van der Waals surface area contributed by atoms with Crippen LogP contribution in [0.2, 0.25) is 0 Å². The number of hydrogen-bond donors (Lipinski definition) is 4. The molecule has 1 saturated heterocycles. The van der Waals surface area contributed by atoms with Crippen LogP contribution in [0, 0.1) is 17.8 Å². The number of allylic oxidation sites excluding steroid dienone is 3. The van der Waals surface area contributed by atoms with Crippen LogP contribution in [0.4, 0.5) is 0 Å². The Morgan fingerprint density at radius 1 is 1.05 bits per heavy atom. The fourth-order valence-corrected chi connectivity index (χ4v) is 7.25. The standard InChI is InChI=1S/C32H35N3O3/c1-17-8-7-10-23-30(37)20(4)19(3)28-26(15-21-16-33-24-11-6-5-9-22(21)24)35-31(38)32(23,28)27-13-12-25(34-27)29(36)18(2)14-17/h5-7,9-14,16-17,23,26,28,30,33-34,37H,8,15H2,1-4H3,(H,35,38)/b10-7+,18-14+/t17?,23-,26-,28-,30+,32+/m0/s1. The number of aliphatic hydroxyl groups excluding tert-OH is 1. The second kappa shape index (κ2) is 8.98. The Morgan fingerprint density at radius 2 is 1.84 bits per heavy atom. The third-order valence-electron chi connectivity index (χ3n) is 9.22. The largest absolute Gasteiger partial charge is 0.388 e. The Hall–Kier alpha value is -3.64. The fourth-order valence-electron chi connectivity index (χ4n) is 7.25. The van der Waals surface area contributed by atoms with Gasteiger partial charge in [0.25, 0.3) is 0 Å². The molecule has 1 spiro atoms. The number of nitrogens with one attached hydrogen (secondary N) is 3. The van der Waals surface area contributed by atoms with Crippen LogP contribution in [0.5, 0.6) is 0 Å². The molecule has 3 aromatic rings. The van der Waals surface area contributed by atoms with Crippen molar-refractivity contribution in [3.05, 3.63) is 94.5 Å². The number of aromatic nitrogens is 2. The molecule has 1 aromatic carbocycles. The molecule has 196 valence electrons. The van der Waals surface area contributed by atoms with E-state index in [1.54, 1.807) is 6.07 Å². The van der Waals surface area contributed by atoms with E-state index in [2.05, 4.69) is 40.4 Å². The van der Waals surface area contributed by atoms with Crippen molar-refractivity contribution in [3.63, 3.8) is 0 Å². The molecule has 0 radical (unpaired) electrons. The lowest BCUT2D eigenvalue weighted by molar-refractivity contribution is -0.127. The molecule has 0 saturated carbocycles. The molecule has 4 heterocycles. The van der Waals surface area contributed by atoms with Crippen molar-refractivity contribution in [3.8, 4) is 0 Å². The van der Waals surface area contributed by atoms with Gasteiger partial charge in [-0.05, 0) is 74.4 Å². The number of aliphatic hydroxyl groups is 1. The van der Waals surface area contributed by atoms with E-state index in [0.29, 0.717) is 23.4 Å². The topological polar surface area (TPSA) is 98.0 Å². The minimum atomic E-state index is -1.06. The molecule has 2 aliphatic heterocycles. The van der Waals surface area contributed by atoms with E-state index in [9.17, 15) is 14.7 Å². The number of aromatic amines is 2. The smallest absolute Gasteiger partial charge is 0.233 e. The second-order valence-electron chi connectivity index (χ2n) is 11.4. The predicted molar refractivity (Wildman–Crippen MR) is 149 cm³/mol. The third kappa shape index (κ3) is 3.50. The Balaban J connectivity index is 1.54. The van der Waals surface area contributed by atoms with Gasteiger partial charge < -0.3 is 20.4 Å². The van der Waals surface area contributed by atoms with Crippen LogP contribution in [0.15, 0.2) is 77.5 Å². The molecule has 38 heavy (non-hydrogen) atoms. The summed E-state index contributed by atoms with van der Waals surface area (Å²) in [6.07, 6.45) is 8.73. The predicted octanol–water partition coefficient (Wildman–Crippen LogP) is 5.14. The average molecular weight is 510 g/mol. The quantitative estimate of drug-likeness (QED) is 0.360. The van der Waals surface area contributed by atoms with Crippen molar-refractivity contribution in [2.45, 2.75) is 58.1 Å². The SMILES string of the molecule is CC1=C(C)[C@H]2[C@H](Cc3c[nH]c4ccccc34)NC(=O)[C@]23c2ccc([nH]2)C(=O)/C(C)=C/C(C)C/C=C/[C@H]3[C@@H]1O. The van der Waals surface area contributed by atoms with Crippen LogP contribution in [-0.4, -0.2) is 38.9 Å². The zero-order valence-electron chi connectivity index (χ0n) is 22.3. The van der Waals surface area contributed by atoms with Crippen molar-refractivity contribution in [1.82, 2.24) is 15.3 Å². The number of fused-ring (bicyclic) bond motifs is 3. The molecule has 6 atom stereocenters. The molecule has 1 aliphatic carbocycles. The van der Waals surface area contributed by atoms with Gasteiger partial charge in [-0.3, -0.25) is 9.59 Å². The number of carbonyl (C=O) groups is 2. The van der Waals surface area contributed by atoms with Crippen LogP contribution in [0.1, 0.15) is 55.9 Å². The van der Waals surface area contributed by atoms with Crippen molar-refractivity contribution in [2.24, 2.45) is 17.8 Å². The second-order valence-corrected chi connectivity index (χ2v) is 11.4. The molecular weight excluding hydrogens is 474 g/mol. The maximum atomic E-state index is 14.3. The summed E-state index contributed by atoms with van der Waals surface area (Å²) < 4.78 is 0. The maximum Gasteiger partial charge on any atom is 0.233 e.